The molecule has 0 amide bonds. The first-order chi connectivity index (χ1) is 6.05. The van der Waals surface area contributed by atoms with Crippen molar-refractivity contribution in [2.24, 2.45) is 4.99 Å². The second-order valence-electron chi connectivity index (χ2n) is 2.81. The maximum absolute atomic E-state index is 11.1. The Balaban J connectivity index is 2.89. The SMILES string of the molecule is COC(=O)C1=CC=CC(C)(I)C=N1. The fourth-order valence-electron chi connectivity index (χ4n) is 0.835. The van der Waals surface area contributed by atoms with E-state index in [9.17, 15) is 4.79 Å². The van der Waals surface area contributed by atoms with Crippen molar-refractivity contribution in [3.8, 4) is 0 Å². The number of nitrogens with zero attached hydrogens (tertiary/aromatic N) is 1. The van der Waals surface area contributed by atoms with Crippen molar-refractivity contribution in [1.82, 2.24) is 0 Å². The van der Waals surface area contributed by atoms with Crippen molar-refractivity contribution >= 4 is 34.8 Å². The van der Waals surface area contributed by atoms with Gasteiger partial charge < -0.3 is 4.74 Å². The fraction of sp³-hybridized carbons (Fsp3) is 0.333. The van der Waals surface area contributed by atoms with Crippen LogP contribution >= 0.6 is 22.6 Å². The summed E-state index contributed by atoms with van der Waals surface area (Å²) < 4.78 is 4.42. The van der Waals surface area contributed by atoms with E-state index >= 15 is 0 Å². The summed E-state index contributed by atoms with van der Waals surface area (Å²) in [6, 6.07) is 0. The molecule has 1 unspecified atom stereocenters. The summed E-state index contributed by atoms with van der Waals surface area (Å²) in [5, 5.41) is 0. The van der Waals surface area contributed by atoms with Gasteiger partial charge in [0.2, 0.25) is 0 Å². The molecule has 0 aromatic carbocycles. The van der Waals surface area contributed by atoms with Crippen LogP contribution in [0.15, 0.2) is 28.9 Å². The van der Waals surface area contributed by atoms with Crippen molar-refractivity contribution in [2.75, 3.05) is 7.11 Å². The summed E-state index contributed by atoms with van der Waals surface area (Å²) in [5.74, 6) is -0.407. The van der Waals surface area contributed by atoms with Crippen molar-refractivity contribution in [1.29, 1.82) is 0 Å². The second-order valence-corrected chi connectivity index (χ2v) is 5.14. The van der Waals surface area contributed by atoms with Gasteiger partial charge in [-0.1, -0.05) is 34.7 Å². The van der Waals surface area contributed by atoms with E-state index in [1.807, 2.05) is 19.1 Å². The number of methoxy groups -OCH3 is 1. The van der Waals surface area contributed by atoms with E-state index in [2.05, 4.69) is 32.3 Å². The van der Waals surface area contributed by atoms with E-state index in [0.29, 0.717) is 5.70 Å². The van der Waals surface area contributed by atoms with Crippen molar-refractivity contribution in [3.05, 3.63) is 23.9 Å². The zero-order valence-corrected chi connectivity index (χ0v) is 9.61. The van der Waals surface area contributed by atoms with Crippen LogP contribution in [0.2, 0.25) is 0 Å². The molecule has 70 valence electrons. The third-order valence-electron chi connectivity index (χ3n) is 1.53. The zero-order chi connectivity index (χ0) is 9.90. The van der Waals surface area contributed by atoms with Gasteiger partial charge in [0.25, 0.3) is 0 Å². The largest absolute Gasteiger partial charge is 0.464 e. The van der Waals surface area contributed by atoms with Gasteiger partial charge in [-0.3, -0.25) is 4.99 Å². The van der Waals surface area contributed by atoms with Gasteiger partial charge in [0.1, 0.15) is 5.70 Å². The third-order valence-corrected chi connectivity index (χ3v) is 2.16. The normalized spacial score (nSPS) is 26.5. The molecule has 0 spiro atoms. The lowest BCUT2D eigenvalue weighted by molar-refractivity contribution is -0.136. The number of carbonyl (C=O) groups excluding carboxylic acids is 1. The van der Waals surface area contributed by atoms with E-state index in [1.165, 1.54) is 7.11 Å². The summed E-state index contributed by atoms with van der Waals surface area (Å²) in [6.07, 6.45) is 7.14. The molecule has 0 aromatic heterocycles. The average Bonchev–Trinajstić information content (AvgIpc) is 2.25. The zero-order valence-electron chi connectivity index (χ0n) is 7.45. The highest BCUT2D eigenvalue weighted by Gasteiger charge is 2.16. The molecule has 1 aliphatic rings. The molecule has 3 nitrogen and oxygen atoms in total. The van der Waals surface area contributed by atoms with Crippen molar-refractivity contribution < 1.29 is 9.53 Å². The number of alkyl halides is 1. The van der Waals surface area contributed by atoms with Crippen LogP contribution in [0.5, 0.6) is 0 Å². The number of aliphatic imine (C=N–C) groups is 1. The van der Waals surface area contributed by atoms with Gasteiger partial charge in [-0.25, -0.2) is 4.79 Å². The highest BCUT2D eigenvalue weighted by molar-refractivity contribution is 14.1. The van der Waals surface area contributed by atoms with Gasteiger partial charge in [0.05, 0.1) is 10.5 Å². The van der Waals surface area contributed by atoms with E-state index < -0.39 is 5.97 Å². The Hall–Kier alpha value is -0.650. The minimum atomic E-state index is -0.407. The maximum Gasteiger partial charge on any atom is 0.356 e. The Morgan fingerprint density at radius 1 is 1.69 bits per heavy atom. The van der Waals surface area contributed by atoms with E-state index in [4.69, 9.17) is 0 Å². The van der Waals surface area contributed by atoms with Crippen LogP contribution in [-0.2, 0) is 9.53 Å². The van der Waals surface area contributed by atoms with Crippen LogP contribution in [0.4, 0.5) is 0 Å². The number of carbonyl (C=O) groups is 1. The highest BCUT2D eigenvalue weighted by Crippen LogP contribution is 2.20. The lowest BCUT2D eigenvalue weighted by Gasteiger charge is -2.08. The predicted octanol–water partition coefficient (Wildman–Crippen LogP) is 1.88. The molecule has 0 fully saturated rings. The summed E-state index contributed by atoms with van der Waals surface area (Å²) in [6.45, 7) is 2.00. The number of halogens is 1. The minimum absolute atomic E-state index is 0.135. The standard InChI is InChI=1S/C9H10INO2/c1-9(10)5-3-4-7(11-6-9)8(12)13-2/h3-6H,1-2H3. The summed E-state index contributed by atoms with van der Waals surface area (Å²) >= 11 is 2.24. The molecular weight excluding hydrogens is 281 g/mol. The molecule has 1 atom stereocenters. The molecule has 1 heterocycles. The molecule has 1 aliphatic heterocycles. The predicted molar refractivity (Wildman–Crippen MR) is 60.2 cm³/mol. The number of hydrogen-bond acceptors (Lipinski definition) is 3. The molecule has 0 radical (unpaired) electrons. The molecule has 0 saturated carbocycles. The maximum atomic E-state index is 11.1. The van der Waals surface area contributed by atoms with Crippen LogP contribution in [0.3, 0.4) is 0 Å². The van der Waals surface area contributed by atoms with Crippen LogP contribution in [0, 0.1) is 0 Å². The number of ether oxygens (including phenoxy) is 1. The number of allylic oxidation sites excluding steroid dienone is 3. The van der Waals surface area contributed by atoms with Crippen molar-refractivity contribution in [2.45, 2.75) is 10.3 Å². The van der Waals surface area contributed by atoms with Crippen LogP contribution in [0.1, 0.15) is 6.92 Å². The van der Waals surface area contributed by atoms with Crippen LogP contribution < -0.4 is 0 Å². The van der Waals surface area contributed by atoms with E-state index in [-0.39, 0.29) is 3.42 Å². The lowest BCUT2D eigenvalue weighted by atomic mass is 10.2. The Morgan fingerprint density at radius 3 is 3.00 bits per heavy atom. The van der Waals surface area contributed by atoms with Gasteiger partial charge in [0.15, 0.2) is 0 Å². The number of esters is 1. The molecular formula is C9H10INO2. The van der Waals surface area contributed by atoms with Crippen LogP contribution in [-0.4, -0.2) is 22.7 Å². The Labute approximate surface area is 90.7 Å². The minimum Gasteiger partial charge on any atom is -0.464 e. The van der Waals surface area contributed by atoms with E-state index in [1.54, 1.807) is 12.3 Å². The van der Waals surface area contributed by atoms with Gasteiger partial charge in [0, 0.05) is 6.21 Å². The smallest absolute Gasteiger partial charge is 0.356 e. The first-order valence-corrected chi connectivity index (χ1v) is 4.85. The lowest BCUT2D eigenvalue weighted by Crippen LogP contribution is -2.12. The quantitative estimate of drug-likeness (QED) is 0.420. The molecule has 0 saturated heterocycles. The molecule has 0 aliphatic carbocycles. The molecule has 4 heteroatoms. The monoisotopic (exact) mass is 291 g/mol. The Kier molecular flexibility index (Phi) is 3.24. The van der Waals surface area contributed by atoms with Gasteiger partial charge >= 0.3 is 5.97 Å². The third kappa shape index (κ3) is 2.95. The van der Waals surface area contributed by atoms with Gasteiger partial charge in [-0.15, -0.1) is 0 Å². The summed E-state index contributed by atoms with van der Waals surface area (Å²) in [5.41, 5.74) is 0.333. The first kappa shape index (κ1) is 10.4. The molecule has 0 bridgehead atoms. The topological polar surface area (TPSA) is 38.7 Å². The second kappa shape index (κ2) is 4.04. The van der Waals surface area contributed by atoms with Crippen LogP contribution in [0.25, 0.3) is 0 Å². The molecule has 0 N–H and O–H groups in total. The highest BCUT2D eigenvalue weighted by atomic mass is 127. The van der Waals surface area contributed by atoms with Crippen molar-refractivity contribution in [3.63, 3.8) is 0 Å². The Morgan fingerprint density at radius 2 is 2.38 bits per heavy atom. The van der Waals surface area contributed by atoms with Gasteiger partial charge in [-0.05, 0) is 13.0 Å². The Bertz CT molecular complexity index is 303. The number of hydrogen-bond donors (Lipinski definition) is 0. The first-order valence-electron chi connectivity index (χ1n) is 3.77. The van der Waals surface area contributed by atoms with E-state index in [0.717, 1.165) is 0 Å². The molecule has 1 rings (SSSR count). The summed E-state index contributed by atoms with van der Waals surface area (Å²) in [4.78, 5) is 15.1. The average molecular weight is 291 g/mol. The van der Waals surface area contributed by atoms with Gasteiger partial charge in [-0.2, -0.15) is 0 Å². The molecule has 0 aromatic rings. The summed E-state index contributed by atoms with van der Waals surface area (Å²) in [7, 11) is 1.34. The molecule has 13 heavy (non-hydrogen) atoms. The fourth-order valence-corrected chi connectivity index (χ4v) is 1.18. The number of rotatable bonds is 1.